The van der Waals surface area contributed by atoms with Crippen molar-refractivity contribution in [1.29, 1.82) is 0 Å². The van der Waals surface area contributed by atoms with Crippen molar-refractivity contribution in [2.75, 3.05) is 17.0 Å². The molecule has 0 unspecified atom stereocenters. The summed E-state index contributed by atoms with van der Waals surface area (Å²) in [5.74, 6) is 0.126. The SMILES string of the molecule is CCCS(=O)(=O)N1CCc2ccc(NS(=O)(=O)c3cc(C)ccc3C)cc2C1. The number of hydrogen-bond donors (Lipinski definition) is 1. The summed E-state index contributed by atoms with van der Waals surface area (Å²) in [6.07, 6.45) is 1.20. The second-order valence-corrected chi connectivity index (χ2v) is 11.0. The average molecular weight is 423 g/mol. The Morgan fingerprint density at radius 2 is 1.75 bits per heavy atom. The van der Waals surface area contributed by atoms with E-state index in [0.717, 1.165) is 16.7 Å². The summed E-state index contributed by atoms with van der Waals surface area (Å²) < 4.78 is 54.5. The predicted molar refractivity (Wildman–Crippen MR) is 111 cm³/mol. The minimum absolute atomic E-state index is 0.126. The van der Waals surface area contributed by atoms with Crippen LogP contribution in [0.1, 0.15) is 35.6 Å². The maximum Gasteiger partial charge on any atom is 0.262 e. The van der Waals surface area contributed by atoms with Crippen LogP contribution >= 0.6 is 0 Å². The van der Waals surface area contributed by atoms with Gasteiger partial charge in [0.05, 0.1) is 10.6 Å². The Balaban J connectivity index is 1.87. The van der Waals surface area contributed by atoms with Crippen LogP contribution < -0.4 is 4.72 Å². The van der Waals surface area contributed by atoms with Crippen LogP contribution in [0.25, 0.3) is 0 Å². The first-order valence-electron chi connectivity index (χ1n) is 9.32. The van der Waals surface area contributed by atoms with Gasteiger partial charge in [0.1, 0.15) is 0 Å². The summed E-state index contributed by atoms with van der Waals surface area (Å²) >= 11 is 0. The molecular weight excluding hydrogens is 396 g/mol. The number of fused-ring (bicyclic) bond motifs is 1. The summed E-state index contributed by atoms with van der Waals surface area (Å²) in [5, 5.41) is 0. The normalized spacial score (nSPS) is 15.2. The van der Waals surface area contributed by atoms with Crippen LogP contribution in [-0.2, 0) is 33.0 Å². The zero-order valence-electron chi connectivity index (χ0n) is 16.4. The van der Waals surface area contributed by atoms with E-state index in [1.165, 1.54) is 4.31 Å². The molecule has 8 heteroatoms. The van der Waals surface area contributed by atoms with Gasteiger partial charge in [0.2, 0.25) is 10.0 Å². The van der Waals surface area contributed by atoms with E-state index in [4.69, 9.17) is 0 Å². The lowest BCUT2D eigenvalue weighted by atomic mass is 10.0. The van der Waals surface area contributed by atoms with Crippen molar-refractivity contribution in [2.24, 2.45) is 0 Å². The van der Waals surface area contributed by atoms with Gasteiger partial charge < -0.3 is 0 Å². The van der Waals surface area contributed by atoms with E-state index in [1.807, 2.05) is 26.0 Å². The molecule has 0 bridgehead atoms. The monoisotopic (exact) mass is 422 g/mol. The first-order chi connectivity index (χ1) is 13.1. The lowest BCUT2D eigenvalue weighted by Crippen LogP contribution is -2.37. The molecule has 0 radical (unpaired) electrons. The molecule has 0 atom stereocenters. The highest BCUT2D eigenvalue weighted by Crippen LogP contribution is 2.27. The van der Waals surface area contributed by atoms with E-state index >= 15 is 0 Å². The molecule has 0 saturated heterocycles. The van der Waals surface area contributed by atoms with Crippen molar-refractivity contribution in [3.05, 3.63) is 58.7 Å². The lowest BCUT2D eigenvalue weighted by molar-refractivity contribution is 0.391. The molecule has 0 amide bonds. The maximum atomic E-state index is 12.8. The van der Waals surface area contributed by atoms with Gasteiger partial charge in [-0.15, -0.1) is 0 Å². The highest BCUT2D eigenvalue weighted by molar-refractivity contribution is 7.92. The van der Waals surface area contributed by atoms with Crippen LogP contribution in [0.3, 0.4) is 0 Å². The Morgan fingerprint density at radius 1 is 1.00 bits per heavy atom. The van der Waals surface area contributed by atoms with Crippen LogP contribution in [0.2, 0.25) is 0 Å². The molecule has 28 heavy (non-hydrogen) atoms. The number of hydrogen-bond acceptors (Lipinski definition) is 4. The molecular formula is C20H26N2O4S2. The first kappa shape index (κ1) is 20.8. The molecule has 2 aromatic carbocycles. The fraction of sp³-hybridized carbons (Fsp3) is 0.400. The fourth-order valence-corrected chi connectivity index (χ4v) is 6.29. The summed E-state index contributed by atoms with van der Waals surface area (Å²) in [7, 11) is -7.01. The van der Waals surface area contributed by atoms with Crippen LogP contribution in [-0.4, -0.2) is 33.4 Å². The first-order valence-corrected chi connectivity index (χ1v) is 12.4. The molecule has 6 nitrogen and oxygen atoms in total. The molecule has 2 aromatic rings. The quantitative estimate of drug-likeness (QED) is 0.775. The van der Waals surface area contributed by atoms with Crippen LogP contribution in [0.4, 0.5) is 5.69 Å². The second-order valence-electron chi connectivity index (χ2n) is 7.26. The minimum Gasteiger partial charge on any atom is -0.280 e. The van der Waals surface area contributed by atoms with Gasteiger partial charge in [-0.3, -0.25) is 4.72 Å². The third-order valence-electron chi connectivity index (χ3n) is 4.92. The maximum absolute atomic E-state index is 12.8. The molecule has 0 aromatic heterocycles. The number of sulfonamides is 2. The Hall–Kier alpha value is -1.90. The van der Waals surface area contributed by atoms with Crippen molar-refractivity contribution in [1.82, 2.24) is 4.31 Å². The van der Waals surface area contributed by atoms with Gasteiger partial charge >= 0.3 is 0 Å². The number of anilines is 1. The molecule has 1 aliphatic heterocycles. The topological polar surface area (TPSA) is 83.6 Å². The van der Waals surface area contributed by atoms with Gasteiger partial charge in [-0.05, 0) is 67.1 Å². The molecule has 1 N–H and O–H groups in total. The molecule has 1 aliphatic rings. The van der Waals surface area contributed by atoms with E-state index in [2.05, 4.69) is 4.72 Å². The molecule has 0 spiro atoms. The van der Waals surface area contributed by atoms with Gasteiger partial charge in [-0.1, -0.05) is 25.1 Å². The number of aryl methyl sites for hydroxylation is 2. The molecule has 0 aliphatic carbocycles. The van der Waals surface area contributed by atoms with Crippen molar-refractivity contribution in [3.8, 4) is 0 Å². The van der Waals surface area contributed by atoms with Gasteiger partial charge in [0.25, 0.3) is 10.0 Å². The van der Waals surface area contributed by atoms with Crippen molar-refractivity contribution in [2.45, 2.75) is 45.1 Å². The molecule has 152 valence electrons. The van der Waals surface area contributed by atoms with Crippen LogP contribution in [0.5, 0.6) is 0 Å². The zero-order valence-corrected chi connectivity index (χ0v) is 18.0. The van der Waals surface area contributed by atoms with Gasteiger partial charge in [-0.25, -0.2) is 16.8 Å². The summed E-state index contributed by atoms with van der Waals surface area (Å²) in [4.78, 5) is 0.248. The standard InChI is InChI=1S/C20H26N2O4S2/c1-4-11-27(23,24)22-10-9-17-7-8-19(13-18(17)14-22)21-28(25,26)20-12-15(2)5-6-16(20)3/h5-8,12-13,21H,4,9-11,14H2,1-3H3. The van der Waals surface area contributed by atoms with E-state index in [0.29, 0.717) is 30.6 Å². The van der Waals surface area contributed by atoms with Gasteiger partial charge in [0, 0.05) is 18.8 Å². The predicted octanol–water partition coefficient (Wildman–Crippen LogP) is 3.20. The number of rotatable bonds is 6. The van der Waals surface area contributed by atoms with Crippen molar-refractivity contribution in [3.63, 3.8) is 0 Å². The highest BCUT2D eigenvalue weighted by atomic mass is 32.2. The van der Waals surface area contributed by atoms with Crippen molar-refractivity contribution < 1.29 is 16.8 Å². The molecule has 0 saturated carbocycles. The van der Waals surface area contributed by atoms with Crippen LogP contribution in [0.15, 0.2) is 41.3 Å². The lowest BCUT2D eigenvalue weighted by Gasteiger charge is -2.28. The van der Waals surface area contributed by atoms with E-state index in [1.54, 1.807) is 31.2 Å². The molecule has 3 rings (SSSR count). The summed E-state index contributed by atoms with van der Waals surface area (Å²) in [6.45, 7) is 6.19. The third-order valence-corrected chi connectivity index (χ3v) is 8.47. The highest BCUT2D eigenvalue weighted by Gasteiger charge is 2.26. The van der Waals surface area contributed by atoms with E-state index in [9.17, 15) is 16.8 Å². The minimum atomic E-state index is -3.73. The van der Waals surface area contributed by atoms with Gasteiger partial charge in [0.15, 0.2) is 0 Å². The largest absolute Gasteiger partial charge is 0.280 e. The second kappa shape index (κ2) is 7.85. The molecule has 0 fully saturated rings. The third kappa shape index (κ3) is 4.39. The number of benzene rings is 2. The van der Waals surface area contributed by atoms with Gasteiger partial charge in [-0.2, -0.15) is 4.31 Å². The summed E-state index contributed by atoms with van der Waals surface area (Å²) in [6, 6.07) is 10.7. The Labute approximate surface area is 167 Å². The molecule has 1 heterocycles. The smallest absolute Gasteiger partial charge is 0.262 e. The van der Waals surface area contributed by atoms with E-state index in [-0.39, 0.29) is 17.2 Å². The Morgan fingerprint density at radius 3 is 2.46 bits per heavy atom. The summed E-state index contributed by atoms with van der Waals surface area (Å²) in [5.41, 5.74) is 3.88. The Kier molecular flexibility index (Phi) is 5.84. The van der Waals surface area contributed by atoms with Crippen molar-refractivity contribution >= 4 is 25.7 Å². The number of nitrogens with zero attached hydrogens (tertiary/aromatic N) is 1. The van der Waals surface area contributed by atoms with E-state index < -0.39 is 20.0 Å². The van der Waals surface area contributed by atoms with Crippen LogP contribution in [0, 0.1) is 13.8 Å². The Bertz CT molecular complexity index is 1090. The average Bonchev–Trinajstić information content (AvgIpc) is 2.62. The zero-order chi connectivity index (χ0) is 20.5. The number of nitrogens with one attached hydrogen (secondary N) is 1. The fourth-order valence-electron chi connectivity index (χ4n) is 3.43.